The molecule has 5 rings (SSSR count). The molecular formula is C20H22ClFN4O8P2. The van der Waals surface area contributed by atoms with Gasteiger partial charge in [-0.3, -0.25) is 9.13 Å². The molecule has 2 aliphatic rings. The van der Waals surface area contributed by atoms with E-state index in [1.807, 2.05) is 29.2 Å². The van der Waals surface area contributed by atoms with Crippen molar-refractivity contribution in [1.29, 1.82) is 0 Å². The number of halogens is 2. The van der Waals surface area contributed by atoms with Crippen LogP contribution in [0.1, 0.15) is 11.4 Å². The zero-order chi connectivity index (χ0) is 25.9. The van der Waals surface area contributed by atoms with Crippen molar-refractivity contribution in [3.8, 4) is 0 Å². The van der Waals surface area contributed by atoms with Gasteiger partial charge in [0.25, 0.3) is 0 Å². The number of benzene rings is 1. The molecule has 0 aliphatic carbocycles. The standard InChI is InChI=1S/C20H22ClFN4O8P2/c21-17-7-14(25-6-5-12-3-1-2-4-13(12)25)15-8-23-19(26(15)24-17)20(22)10-33-16(18(20)27)9-34-36(31,32)11-35(28,29)30/h1-4,7-8,16,18,27H,5-6,9-11H2,(H,31,32)(H2,28,29,30)/t16-,18-,20+/m1/s1. The predicted molar refractivity (Wildman–Crippen MR) is 126 cm³/mol. The monoisotopic (exact) mass is 562 g/mol. The van der Waals surface area contributed by atoms with Crippen LogP contribution in [0.4, 0.5) is 15.8 Å². The fraction of sp³-hybridized carbons (Fsp3) is 0.400. The van der Waals surface area contributed by atoms with E-state index in [4.69, 9.17) is 30.6 Å². The van der Waals surface area contributed by atoms with Crippen molar-refractivity contribution in [2.45, 2.75) is 24.3 Å². The van der Waals surface area contributed by atoms with Crippen LogP contribution < -0.4 is 4.90 Å². The molecule has 2 aromatic heterocycles. The van der Waals surface area contributed by atoms with E-state index in [1.165, 1.54) is 10.7 Å². The van der Waals surface area contributed by atoms with Gasteiger partial charge in [-0.15, -0.1) is 0 Å². The molecule has 0 bridgehead atoms. The summed E-state index contributed by atoms with van der Waals surface area (Å²) in [6, 6.07) is 9.49. The van der Waals surface area contributed by atoms with Gasteiger partial charge in [0.1, 0.15) is 17.7 Å². The maximum absolute atomic E-state index is 16.2. The number of imidazole rings is 1. The van der Waals surface area contributed by atoms with Crippen molar-refractivity contribution in [1.82, 2.24) is 14.6 Å². The summed E-state index contributed by atoms with van der Waals surface area (Å²) in [6.45, 7) is -0.795. The average Bonchev–Trinajstić information content (AvgIpc) is 3.47. The highest BCUT2D eigenvalue weighted by Crippen LogP contribution is 2.55. The largest absolute Gasteiger partial charge is 0.386 e. The molecule has 1 aromatic carbocycles. The Balaban J connectivity index is 1.43. The highest BCUT2D eigenvalue weighted by Gasteiger charge is 2.55. The lowest BCUT2D eigenvalue weighted by Crippen LogP contribution is -2.40. The molecule has 3 aromatic rings. The fourth-order valence-corrected chi connectivity index (χ4v) is 7.27. The molecule has 1 saturated heterocycles. The van der Waals surface area contributed by atoms with Gasteiger partial charge in [0.15, 0.2) is 16.9 Å². The molecule has 1 unspecified atom stereocenters. The number of aliphatic hydroxyl groups excluding tert-OH is 1. The lowest BCUT2D eigenvalue weighted by Gasteiger charge is -2.24. The van der Waals surface area contributed by atoms with Gasteiger partial charge in [0.2, 0.25) is 5.67 Å². The van der Waals surface area contributed by atoms with Crippen molar-refractivity contribution in [3.63, 3.8) is 0 Å². The van der Waals surface area contributed by atoms with Crippen LogP contribution in [-0.4, -0.2) is 72.3 Å². The normalized spacial score (nSPS) is 25.9. The minimum atomic E-state index is -4.85. The molecule has 0 saturated carbocycles. The summed E-state index contributed by atoms with van der Waals surface area (Å²) in [6.07, 6.45) is -1.09. The Morgan fingerprint density at radius 3 is 2.75 bits per heavy atom. The SMILES string of the molecule is O=P(O)(O)CP(=O)(O)OC[C@H]1OC[C@@](F)(c2ncc3c(N4CCc5ccccc54)cc(Cl)nn23)[C@@H]1O. The number of fused-ring (bicyclic) bond motifs is 2. The van der Waals surface area contributed by atoms with Crippen LogP contribution in [0.25, 0.3) is 5.52 Å². The number of hydrogen-bond donors (Lipinski definition) is 4. The van der Waals surface area contributed by atoms with Gasteiger partial charge in [-0.05, 0) is 18.1 Å². The second-order valence-corrected chi connectivity index (χ2v) is 13.0. The number of para-hydroxylation sites is 1. The van der Waals surface area contributed by atoms with Crippen molar-refractivity contribution in [2.75, 3.05) is 30.6 Å². The number of aliphatic hydroxyl groups is 1. The summed E-state index contributed by atoms with van der Waals surface area (Å²) >= 11 is 6.28. The summed E-state index contributed by atoms with van der Waals surface area (Å²) in [4.78, 5) is 33.7. The minimum absolute atomic E-state index is 0.0664. The molecular weight excluding hydrogens is 541 g/mol. The molecule has 0 radical (unpaired) electrons. The maximum atomic E-state index is 16.2. The van der Waals surface area contributed by atoms with Gasteiger partial charge in [0.05, 0.1) is 25.1 Å². The van der Waals surface area contributed by atoms with E-state index >= 15 is 4.39 Å². The van der Waals surface area contributed by atoms with Crippen LogP contribution in [0.15, 0.2) is 36.5 Å². The first-order chi connectivity index (χ1) is 16.9. The number of anilines is 2. The van der Waals surface area contributed by atoms with Gasteiger partial charge < -0.3 is 33.9 Å². The Morgan fingerprint density at radius 1 is 1.25 bits per heavy atom. The number of aromatic nitrogens is 3. The highest BCUT2D eigenvalue weighted by molar-refractivity contribution is 7.70. The molecule has 1 fully saturated rings. The first-order valence-corrected chi connectivity index (χ1v) is 14.7. The van der Waals surface area contributed by atoms with Crippen molar-refractivity contribution in [2.24, 2.45) is 0 Å². The van der Waals surface area contributed by atoms with Gasteiger partial charge >= 0.3 is 15.2 Å². The van der Waals surface area contributed by atoms with Crippen LogP contribution in [0.5, 0.6) is 0 Å². The molecule has 16 heteroatoms. The zero-order valence-electron chi connectivity index (χ0n) is 18.5. The number of rotatable bonds is 7. The van der Waals surface area contributed by atoms with E-state index in [2.05, 4.69) is 10.1 Å². The third-order valence-corrected chi connectivity index (χ3v) is 9.77. The van der Waals surface area contributed by atoms with E-state index in [0.29, 0.717) is 17.7 Å². The lowest BCUT2D eigenvalue weighted by atomic mass is 9.98. The summed E-state index contributed by atoms with van der Waals surface area (Å²) < 4.78 is 50.3. The summed E-state index contributed by atoms with van der Waals surface area (Å²) in [7, 11) is -9.57. The Morgan fingerprint density at radius 2 is 2.00 bits per heavy atom. The quantitative estimate of drug-likeness (QED) is 0.312. The van der Waals surface area contributed by atoms with Crippen molar-refractivity contribution < 1.29 is 42.6 Å². The molecule has 4 N–H and O–H groups in total. The minimum Gasteiger partial charge on any atom is -0.386 e. The van der Waals surface area contributed by atoms with Crippen LogP contribution in [0.2, 0.25) is 5.15 Å². The number of ether oxygens (including phenoxy) is 1. The van der Waals surface area contributed by atoms with Gasteiger partial charge in [-0.1, -0.05) is 29.8 Å². The molecule has 12 nitrogen and oxygen atoms in total. The summed E-state index contributed by atoms with van der Waals surface area (Å²) in [5, 5.41) is 15.0. The van der Waals surface area contributed by atoms with E-state index in [-0.39, 0.29) is 11.0 Å². The Kier molecular flexibility index (Phi) is 6.52. The molecule has 36 heavy (non-hydrogen) atoms. The Bertz CT molecular complexity index is 1420. The third kappa shape index (κ3) is 4.71. The molecule has 0 spiro atoms. The van der Waals surface area contributed by atoms with Crippen LogP contribution in [0, 0.1) is 0 Å². The number of alkyl halides is 1. The predicted octanol–water partition coefficient (Wildman–Crippen LogP) is 2.34. The number of hydrogen-bond acceptors (Lipinski definition) is 8. The van der Waals surface area contributed by atoms with Gasteiger partial charge in [0, 0.05) is 18.3 Å². The smallest absolute Gasteiger partial charge is 0.340 e. The number of nitrogens with zero attached hydrogens (tertiary/aromatic N) is 4. The highest BCUT2D eigenvalue weighted by atomic mass is 35.5. The maximum Gasteiger partial charge on any atom is 0.340 e. The third-order valence-electron chi connectivity index (χ3n) is 6.13. The van der Waals surface area contributed by atoms with Crippen molar-refractivity contribution in [3.05, 3.63) is 53.1 Å². The second-order valence-electron chi connectivity index (χ2n) is 8.66. The molecule has 4 heterocycles. The fourth-order valence-electron chi connectivity index (χ4n) is 4.52. The van der Waals surface area contributed by atoms with Gasteiger partial charge in [-0.2, -0.15) is 5.10 Å². The zero-order valence-corrected chi connectivity index (χ0v) is 21.1. The van der Waals surface area contributed by atoms with Crippen LogP contribution in [-0.2, 0) is 30.5 Å². The molecule has 194 valence electrons. The molecule has 4 atom stereocenters. The van der Waals surface area contributed by atoms with Crippen LogP contribution in [0.3, 0.4) is 0 Å². The lowest BCUT2D eigenvalue weighted by molar-refractivity contribution is -0.0150. The second kappa shape index (κ2) is 9.13. The Hall–Kier alpha value is -1.92. The Labute approximate surface area is 208 Å². The van der Waals surface area contributed by atoms with E-state index < -0.39 is 52.2 Å². The summed E-state index contributed by atoms with van der Waals surface area (Å²) in [5.41, 5.74) is 0.629. The molecule has 0 amide bonds. The first-order valence-electron chi connectivity index (χ1n) is 10.8. The van der Waals surface area contributed by atoms with Crippen LogP contribution >= 0.6 is 26.8 Å². The van der Waals surface area contributed by atoms with Gasteiger partial charge in [-0.25, -0.2) is 13.9 Å². The van der Waals surface area contributed by atoms with E-state index in [0.717, 1.165) is 17.7 Å². The van der Waals surface area contributed by atoms with E-state index in [9.17, 15) is 19.1 Å². The molecule has 2 aliphatic heterocycles. The van der Waals surface area contributed by atoms with Crippen molar-refractivity contribution >= 4 is 43.7 Å². The average molecular weight is 563 g/mol. The summed E-state index contributed by atoms with van der Waals surface area (Å²) in [5.74, 6) is -1.70. The first kappa shape index (κ1) is 25.7. The topological polar surface area (TPSA) is 167 Å². The van der Waals surface area contributed by atoms with E-state index in [1.54, 1.807) is 6.07 Å².